The van der Waals surface area contributed by atoms with Gasteiger partial charge in [-0.2, -0.15) is 5.26 Å². The molecule has 0 aliphatic heterocycles. The van der Waals surface area contributed by atoms with Gasteiger partial charge < -0.3 is 15.6 Å². The zero-order chi connectivity index (χ0) is 27.6. The van der Waals surface area contributed by atoms with Gasteiger partial charge in [0.05, 0.1) is 34.9 Å². The van der Waals surface area contributed by atoms with Crippen molar-refractivity contribution in [3.8, 4) is 17.5 Å². The molecule has 0 spiro atoms. The van der Waals surface area contributed by atoms with Crippen molar-refractivity contribution >= 4 is 44.9 Å². The van der Waals surface area contributed by atoms with Crippen LogP contribution < -0.4 is 16.4 Å². The summed E-state index contributed by atoms with van der Waals surface area (Å²) in [7, 11) is 0. The van der Waals surface area contributed by atoms with E-state index < -0.39 is 11.7 Å². The lowest BCUT2D eigenvalue weighted by Crippen LogP contribution is -2.15. The average Bonchev–Trinajstić information content (AvgIpc) is 3.60. The third-order valence-electron chi connectivity index (χ3n) is 6.50. The lowest BCUT2D eigenvalue weighted by atomic mass is 10.0. The number of amides is 2. The van der Waals surface area contributed by atoms with Gasteiger partial charge in [0.2, 0.25) is 5.91 Å². The Morgan fingerprint density at radius 2 is 1.68 bits per heavy atom. The number of hydrogen-bond donors (Lipinski definition) is 4. The van der Waals surface area contributed by atoms with Crippen LogP contribution in [0.5, 0.6) is 0 Å². The van der Waals surface area contributed by atoms with Crippen molar-refractivity contribution < 1.29 is 14.1 Å². The number of benzene rings is 4. The molecular formula is C30H20N6O4. The Hall–Kier alpha value is -5.95. The lowest BCUT2D eigenvalue weighted by molar-refractivity contribution is -0.115. The maximum Gasteiger partial charge on any atom is 0.439 e. The van der Waals surface area contributed by atoms with Crippen molar-refractivity contribution in [1.82, 2.24) is 15.1 Å². The van der Waals surface area contributed by atoms with Crippen molar-refractivity contribution in [3.05, 3.63) is 112 Å². The lowest BCUT2D eigenvalue weighted by Gasteiger charge is -2.09. The number of nitriles is 1. The number of aromatic amines is 2. The molecule has 2 aromatic heterocycles. The molecule has 2 heterocycles. The molecule has 0 aliphatic carbocycles. The Kier molecular flexibility index (Phi) is 6.14. The third-order valence-corrected chi connectivity index (χ3v) is 6.50. The van der Waals surface area contributed by atoms with Gasteiger partial charge in [-0.25, -0.2) is 4.79 Å². The minimum atomic E-state index is -0.764. The number of fused-ring (bicyclic) bond motifs is 2. The third kappa shape index (κ3) is 4.70. The van der Waals surface area contributed by atoms with Crippen LogP contribution in [0.1, 0.15) is 21.6 Å². The highest BCUT2D eigenvalue weighted by Gasteiger charge is 2.17. The Bertz CT molecular complexity index is 2020. The molecule has 0 fully saturated rings. The molecule has 40 heavy (non-hydrogen) atoms. The fourth-order valence-corrected chi connectivity index (χ4v) is 4.65. The standard InChI is InChI=1S/C30H20N6O4/c31-16-17-11-12-23(22(13-17)28-35-30(39)40-36-28)34-29(38)25-14-20-8-4-10-24(27(20)33-25)32-26(37)15-19-7-3-6-18-5-1-2-9-21(18)19/h1-14,33H,15H2,(H,32,37)(H,34,38)(H,35,36,39). The summed E-state index contributed by atoms with van der Waals surface area (Å²) in [4.78, 5) is 43.2. The van der Waals surface area contributed by atoms with E-state index in [1.807, 2.05) is 54.6 Å². The summed E-state index contributed by atoms with van der Waals surface area (Å²) in [5.41, 5.74) is 3.24. The van der Waals surface area contributed by atoms with Crippen molar-refractivity contribution in [2.45, 2.75) is 6.42 Å². The van der Waals surface area contributed by atoms with E-state index in [0.717, 1.165) is 21.7 Å². The van der Waals surface area contributed by atoms with Crippen LogP contribution in [0.15, 0.2) is 94.2 Å². The highest BCUT2D eigenvalue weighted by atomic mass is 16.5. The van der Waals surface area contributed by atoms with Crippen molar-refractivity contribution in [2.75, 3.05) is 10.6 Å². The quantitative estimate of drug-likeness (QED) is 0.239. The van der Waals surface area contributed by atoms with Gasteiger partial charge in [0.25, 0.3) is 5.91 Å². The second kappa shape index (κ2) is 10.1. The van der Waals surface area contributed by atoms with Crippen LogP contribution in [0.25, 0.3) is 33.1 Å². The predicted molar refractivity (Wildman–Crippen MR) is 150 cm³/mol. The van der Waals surface area contributed by atoms with Crippen LogP contribution in [0.3, 0.4) is 0 Å². The first-order valence-corrected chi connectivity index (χ1v) is 12.3. The van der Waals surface area contributed by atoms with Crippen LogP contribution >= 0.6 is 0 Å². The SMILES string of the molecule is N#Cc1ccc(NC(=O)c2cc3cccc(NC(=O)Cc4cccc5ccccc45)c3[nH]2)c(-c2noc(=O)[nH]2)c1. The van der Waals surface area contributed by atoms with Gasteiger partial charge in [0.15, 0.2) is 5.82 Å². The molecule has 10 nitrogen and oxygen atoms in total. The largest absolute Gasteiger partial charge is 0.439 e. The molecule has 194 valence electrons. The zero-order valence-electron chi connectivity index (χ0n) is 20.8. The van der Waals surface area contributed by atoms with Crippen molar-refractivity contribution in [3.63, 3.8) is 0 Å². The van der Waals surface area contributed by atoms with Crippen LogP contribution in [0, 0.1) is 11.3 Å². The van der Waals surface area contributed by atoms with Crippen LogP contribution in [-0.4, -0.2) is 26.9 Å². The van der Waals surface area contributed by atoms with E-state index in [2.05, 4.69) is 30.3 Å². The Labute approximate surface area is 226 Å². The maximum atomic E-state index is 13.2. The first-order valence-electron chi connectivity index (χ1n) is 12.3. The maximum absolute atomic E-state index is 13.2. The molecule has 0 saturated heterocycles. The van der Waals surface area contributed by atoms with Gasteiger partial charge in [0, 0.05) is 10.9 Å². The smallest absolute Gasteiger partial charge is 0.349 e. The Morgan fingerprint density at radius 3 is 2.50 bits per heavy atom. The first-order chi connectivity index (χ1) is 19.5. The van der Waals surface area contributed by atoms with Crippen LogP contribution in [0.4, 0.5) is 11.4 Å². The molecule has 10 heteroatoms. The molecule has 4 aromatic carbocycles. The molecule has 0 atom stereocenters. The summed E-state index contributed by atoms with van der Waals surface area (Å²) in [6.45, 7) is 0. The number of aromatic nitrogens is 3. The van der Waals surface area contributed by atoms with Gasteiger partial charge in [-0.15, -0.1) is 0 Å². The fourth-order valence-electron chi connectivity index (χ4n) is 4.65. The second-order valence-electron chi connectivity index (χ2n) is 9.09. The van der Waals surface area contributed by atoms with Gasteiger partial charge in [-0.05, 0) is 46.7 Å². The molecule has 0 saturated carbocycles. The Morgan fingerprint density at radius 1 is 0.875 bits per heavy atom. The van der Waals surface area contributed by atoms with Gasteiger partial charge in [-0.3, -0.25) is 19.1 Å². The molecule has 0 radical (unpaired) electrons. The van der Waals surface area contributed by atoms with Crippen LogP contribution in [-0.2, 0) is 11.2 Å². The van der Waals surface area contributed by atoms with E-state index in [1.165, 1.54) is 12.1 Å². The fraction of sp³-hybridized carbons (Fsp3) is 0.0333. The summed E-state index contributed by atoms with van der Waals surface area (Å²) >= 11 is 0. The van der Waals surface area contributed by atoms with Crippen molar-refractivity contribution in [2.24, 2.45) is 0 Å². The number of rotatable bonds is 6. The minimum absolute atomic E-state index is 0.0743. The van der Waals surface area contributed by atoms with Crippen molar-refractivity contribution in [1.29, 1.82) is 5.26 Å². The molecule has 6 aromatic rings. The number of carbonyl (C=O) groups is 2. The topological polar surface area (TPSA) is 157 Å². The average molecular weight is 529 g/mol. The minimum Gasteiger partial charge on any atom is -0.349 e. The highest BCUT2D eigenvalue weighted by molar-refractivity contribution is 6.10. The number of hydrogen-bond acceptors (Lipinski definition) is 6. The normalized spacial score (nSPS) is 10.9. The summed E-state index contributed by atoms with van der Waals surface area (Å²) in [6, 6.07) is 27.4. The number of nitrogens with one attached hydrogen (secondary N) is 4. The summed E-state index contributed by atoms with van der Waals surface area (Å²) in [5, 5.41) is 21.5. The molecule has 0 aliphatic rings. The van der Waals surface area contributed by atoms with E-state index in [1.54, 1.807) is 24.3 Å². The van der Waals surface area contributed by atoms with E-state index in [4.69, 9.17) is 0 Å². The molecule has 0 unspecified atom stereocenters. The van der Waals surface area contributed by atoms with Gasteiger partial charge in [-0.1, -0.05) is 59.8 Å². The van der Waals surface area contributed by atoms with Gasteiger partial charge >= 0.3 is 5.76 Å². The zero-order valence-corrected chi connectivity index (χ0v) is 20.8. The number of anilines is 2. The number of carbonyl (C=O) groups excluding carboxylic acids is 2. The number of H-pyrrole nitrogens is 2. The monoisotopic (exact) mass is 528 g/mol. The van der Waals surface area contributed by atoms with E-state index >= 15 is 0 Å². The van der Waals surface area contributed by atoms with E-state index in [0.29, 0.717) is 28.0 Å². The molecule has 2 amide bonds. The number of para-hydroxylation sites is 1. The second-order valence-corrected chi connectivity index (χ2v) is 9.09. The summed E-state index contributed by atoms with van der Waals surface area (Å²) in [5.74, 6) is -1.35. The highest BCUT2D eigenvalue weighted by Crippen LogP contribution is 2.28. The van der Waals surface area contributed by atoms with E-state index in [-0.39, 0.29) is 23.8 Å². The molecule has 4 N–H and O–H groups in total. The first kappa shape index (κ1) is 24.4. The van der Waals surface area contributed by atoms with E-state index in [9.17, 15) is 19.6 Å². The van der Waals surface area contributed by atoms with Crippen LogP contribution in [0.2, 0.25) is 0 Å². The predicted octanol–water partition coefficient (Wildman–Crippen LogP) is 4.97. The van der Waals surface area contributed by atoms with Gasteiger partial charge in [0.1, 0.15) is 5.69 Å². The Balaban J connectivity index is 1.25. The summed E-state index contributed by atoms with van der Waals surface area (Å²) in [6.07, 6.45) is 0.192. The molecule has 6 rings (SSSR count). The molecule has 0 bridgehead atoms. The number of nitrogens with zero attached hydrogens (tertiary/aromatic N) is 2. The summed E-state index contributed by atoms with van der Waals surface area (Å²) < 4.78 is 4.58. The molecular weight excluding hydrogens is 508 g/mol.